The topological polar surface area (TPSA) is 86.0 Å². The number of anilines is 2. The molecule has 0 atom stereocenters. The van der Waals surface area contributed by atoms with Gasteiger partial charge >= 0.3 is 0 Å². The van der Waals surface area contributed by atoms with Crippen molar-refractivity contribution in [1.29, 1.82) is 0 Å². The Labute approximate surface area is 165 Å². The van der Waals surface area contributed by atoms with E-state index in [0.29, 0.717) is 31.4 Å². The number of hydrogen-bond donors (Lipinski definition) is 1. The number of benzene rings is 1. The fourth-order valence-electron chi connectivity index (χ4n) is 3.35. The first kappa shape index (κ1) is 18.9. The minimum Gasteiger partial charge on any atom is -0.487 e. The molecule has 2 aromatic rings. The highest BCUT2D eigenvalue weighted by atomic mass is 16.5. The molecule has 2 aliphatic heterocycles. The molecule has 0 aliphatic carbocycles. The second kappa shape index (κ2) is 9.18. The van der Waals surface area contributed by atoms with Crippen LogP contribution < -0.4 is 15.4 Å². The second-order valence-electron chi connectivity index (χ2n) is 6.91. The van der Waals surface area contributed by atoms with Crippen molar-refractivity contribution in [2.24, 2.45) is 0 Å². The Bertz CT molecular complexity index is 759. The average molecular weight is 385 g/mol. The molecule has 0 saturated carbocycles. The van der Waals surface area contributed by atoms with E-state index in [1.54, 1.807) is 6.20 Å². The summed E-state index contributed by atoms with van der Waals surface area (Å²) in [6.45, 7) is 7.90. The Morgan fingerprint density at radius 1 is 0.964 bits per heavy atom. The van der Waals surface area contributed by atoms with Crippen molar-refractivity contribution in [1.82, 2.24) is 14.9 Å². The smallest absolute Gasteiger partial charge is 0.180 e. The van der Waals surface area contributed by atoms with Crippen molar-refractivity contribution < 1.29 is 14.2 Å². The van der Waals surface area contributed by atoms with E-state index in [1.165, 1.54) is 0 Å². The van der Waals surface area contributed by atoms with Gasteiger partial charge in [-0.05, 0) is 24.3 Å². The highest BCUT2D eigenvalue weighted by Crippen LogP contribution is 2.29. The Kier molecular flexibility index (Phi) is 6.20. The maximum atomic E-state index is 6.09. The van der Waals surface area contributed by atoms with E-state index in [1.807, 2.05) is 24.3 Å². The molecule has 2 N–H and O–H groups in total. The second-order valence-corrected chi connectivity index (χ2v) is 6.91. The van der Waals surface area contributed by atoms with Crippen LogP contribution in [0.5, 0.6) is 5.75 Å². The van der Waals surface area contributed by atoms with Crippen LogP contribution in [0.15, 0.2) is 30.5 Å². The van der Waals surface area contributed by atoms with Gasteiger partial charge in [-0.3, -0.25) is 4.90 Å². The third kappa shape index (κ3) is 4.70. The Morgan fingerprint density at radius 2 is 1.64 bits per heavy atom. The summed E-state index contributed by atoms with van der Waals surface area (Å²) >= 11 is 0. The monoisotopic (exact) mass is 385 g/mol. The van der Waals surface area contributed by atoms with Crippen LogP contribution in [0.2, 0.25) is 0 Å². The Morgan fingerprint density at radius 3 is 2.36 bits per heavy atom. The van der Waals surface area contributed by atoms with Gasteiger partial charge in [0.2, 0.25) is 0 Å². The van der Waals surface area contributed by atoms with Crippen LogP contribution in [0.1, 0.15) is 0 Å². The lowest BCUT2D eigenvalue weighted by atomic mass is 10.2. The molecule has 3 heterocycles. The van der Waals surface area contributed by atoms with Gasteiger partial charge in [-0.15, -0.1) is 0 Å². The van der Waals surface area contributed by atoms with Crippen LogP contribution in [0.25, 0.3) is 11.4 Å². The Balaban J connectivity index is 1.51. The Hall–Kier alpha value is -2.42. The van der Waals surface area contributed by atoms with Gasteiger partial charge in [-0.2, -0.15) is 0 Å². The van der Waals surface area contributed by atoms with E-state index in [0.717, 1.165) is 63.0 Å². The number of nitrogens with two attached hydrogens (primary N) is 1. The van der Waals surface area contributed by atoms with Crippen LogP contribution >= 0.6 is 0 Å². The van der Waals surface area contributed by atoms with Crippen molar-refractivity contribution in [3.63, 3.8) is 0 Å². The van der Waals surface area contributed by atoms with Gasteiger partial charge in [0.15, 0.2) is 17.4 Å². The predicted molar refractivity (Wildman–Crippen MR) is 108 cm³/mol. The molecule has 0 amide bonds. The summed E-state index contributed by atoms with van der Waals surface area (Å²) in [7, 11) is 0. The number of aromatic nitrogens is 2. The number of rotatable bonds is 6. The van der Waals surface area contributed by atoms with Gasteiger partial charge < -0.3 is 24.8 Å². The quantitative estimate of drug-likeness (QED) is 0.744. The maximum absolute atomic E-state index is 6.09. The highest BCUT2D eigenvalue weighted by molar-refractivity contribution is 5.63. The van der Waals surface area contributed by atoms with Crippen molar-refractivity contribution in [2.45, 2.75) is 0 Å². The fraction of sp³-hybridized carbons (Fsp3) is 0.500. The third-order valence-electron chi connectivity index (χ3n) is 4.98. The molecule has 0 unspecified atom stereocenters. The molecule has 0 spiro atoms. The predicted octanol–water partition coefficient (Wildman–Crippen LogP) is 1.27. The van der Waals surface area contributed by atoms with Crippen LogP contribution in [0.3, 0.4) is 0 Å². The number of ether oxygens (including phenoxy) is 3. The summed E-state index contributed by atoms with van der Waals surface area (Å²) in [6, 6.07) is 7.60. The summed E-state index contributed by atoms with van der Waals surface area (Å²) in [5, 5.41) is 0. The summed E-state index contributed by atoms with van der Waals surface area (Å²) in [5.74, 6) is 2.21. The molecule has 4 rings (SSSR count). The average Bonchev–Trinajstić information content (AvgIpc) is 2.76. The lowest BCUT2D eigenvalue weighted by Crippen LogP contribution is -2.39. The highest BCUT2D eigenvalue weighted by Gasteiger charge is 2.20. The SMILES string of the molecule is Nc1ccc(-c2ncc(OCCN3CCOCC3)c(N3CCOCC3)n2)cc1. The lowest BCUT2D eigenvalue weighted by Gasteiger charge is -2.30. The molecule has 1 aromatic carbocycles. The van der Waals surface area contributed by atoms with E-state index in [-0.39, 0.29) is 0 Å². The molecule has 2 aliphatic rings. The van der Waals surface area contributed by atoms with Crippen molar-refractivity contribution >= 4 is 11.5 Å². The van der Waals surface area contributed by atoms with Gasteiger partial charge in [0.05, 0.1) is 32.6 Å². The third-order valence-corrected chi connectivity index (χ3v) is 4.98. The number of nitrogens with zero attached hydrogens (tertiary/aromatic N) is 4. The van der Waals surface area contributed by atoms with Gasteiger partial charge in [-0.1, -0.05) is 0 Å². The summed E-state index contributed by atoms with van der Waals surface area (Å²) in [6.07, 6.45) is 1.78. The van der Waals surface area contributed by atoms with Crippen molar-refractivity contribution in [2.75, 3.05) is 76.4 Å². The first-order chi connectivity index (χ1) is 13.8. The molecular weight excluding hydrogens is 358 g/mol. The van der Waals surface area contributed by atoms with Crippen LogP contribution in [0.4, 0.5) is 11.5 Å². The normalized spacial score (nSPS) is 18.2. The first-order valence-electron chi connectivity index (χ1n) is 9.78. The number of hydrogen-bond acceptors (Lipinski definition) is 8. The molecule has 0 bridgehead atoms. The fourth-order valence-corrected chi connectivity index (χ4v) is 3.35. The minimum absolute atomic E-state index is 0.599. The zero-order valence-corrected chi connectivity index (χ0v) is 16.0. The number of nitrogen functional groups attached to an aromatic ring is 1. The summed E-state index contributed by atoms with van der Waals surface area (Å²) in [5.41, 5.74) is 7.45. The minimum atomic E-state index is 0.599. The van der Waals surface area contributed by atoms with Crippen LogP contribution in [-0.4, -0.2) is 80.6 Å². The summed E-state index contributed by atoms with van der Waals surface area (Å²) < 4.78 is 17.0. The van der Waals surface area contributed by atoms with Gasteiger partial charge in [-0.25, -0.2) is 9.97 Å². The van der Waals surface area contributed by atoms with E-state index in [2.05, 4.69) is 14.8 Å². The molecule has 1 aromatic heterocycles. The van der Waals surface area contributed by atoms with E-state index in [9.17, 15) is 0 Å². The van der Waals surface area contributed by atoms with E-state index < -0.39 is 0 Å². The molecule has 0 radical (unpaired) electrons. The first-order valence-corrected chi connectivity index (χ1v) is 9.78. The molecule has 2 saturated heterocycles. The zero-order chi connectivity index (χ0) is 19.2. The molecule has 2 fully saturated rings. The molecular formula is C20H27N5O3. The van der Waals surface area contributed by atoms with E-state index in [4.69, 9.17) is 24.9 Å². The van der Waals surface area contributed by atoms with Gasteiger partial charge in [0, 0.05) is 44.0 Å². The number of morpholine rings is 2. The zero-order valence-electron chi connectivity index (χ0n) is 16.0. The molecule has 150 valence electrons. The standard InChI is InChI=1S/C20H27N5O3/c21-17-3-1-16(2-4-17)19-22-15-18(20(23-19)25-8-12-27-13-9-25)28-14-7-24-5-10-26-11-6-24/h1-4,15H,5-14,21H2. The van der Waals surface area contributed by atoms with Crippen LogP contribution in [-0.2, 0) is 9.47 Å². The van der Waals surface area contributed by atoms with E-state index >= 15 is 0 Å². The largest absolute Gasteiger partial charge is 0.487 e. The molecule has 28 heavy (non-hydrogen) atoms. The molecule has 8 nitrogen and oxygen atoms in total. The van der Waals surface area contributed by atoms with Gasteiger partial charge in [0.25, 0.3) is 0 Å². The summed E-state index contributed by atoms with van der Waals surface area (Å²) in [4.78, 5) is 13.9. The van der Waals surface area contributed by atoms with Crippen LogP contribution in [0, 0.1) is 0 Å². The van der Waals surface area contributed by atoms with Gasteiger partial charge in [0.1, 0.15) is 6.61 Å². The maximum Gasteiger partial charge on any atom is 0.180 e. The molecule has 8 heteroatoms. The van der Waals surface area contributed by atoms with Crippen molar-refractivity contribution in [3.05, 3.63) is 30.5 Å². The lowest BCUT2D eigenvalue weighted by molar-refractivity contribution is 0.0322. The van der Waals surface area contributed by atoms with Crippen molar-refractivity contribution in [3.8, 4) is 17.1 Å².